The summed E-state index contributed by atoms with van der Waals surface area (Å²) in [6.07, 6.45) is 5.65. The highest BCUT2D eigenvalue weighted by Gasteiger charge is 2.20. The Hall–Kier alpha value is -2.10. The molecule has 4 heteroatoms. The summed E-state index contributed by atoms with van der Waals surface area (Å²) in [6.45, 7) is 2.91. The Bertz CT molecular complexity index is 543. The van der Waals surface area contributed by atoms with Crippen molar-refractivity contribution in [1.29, 1.82) is 0 Å². The molecule has 19 heavy (non-hydrogen) atoms. The van der Waals surface area contributed by atoms with Gasteiger partial charge in [-0.1, -0.05) is 24.3 Å². The van der Waals surface area contributed by atoms with Crippen LogP contribution in [-0.4, -0.2) is 22.6 Å². The molecule has 0 unspecified atom stereocenters. The molecule has 0 spiro atoms. The van der Waals surface area contributed by atoms with E-state index in [1.165, 1.54) is 11.1 Å². The van der Waals surface area contributed by atoms with E-state index in [1.54, 1.807) is 12.4 Å². The molecule has 0 fully saturated rings. The number of benzene rings is 1. The zero-order valence-electron chi connectivity index (χ0n) is 11.1. The van der Waals surface area contributed by atoms with Crippen LogP contribution in [0.4, 0.5) is 11.6 Å². The highest BCUT2D eigenvalue weighted by molar-refractivity contribution is 5.44. The lowest BCUT2D eigenvalue weighted by molar-refractivity contribution is 0.767. The van der Waals surface area contributed by atoms with Crippen molar-refractivity contribution in [3.63, 3.8) is 0 Å². The molecule has 1 aliphatic rings. The van der Waals surface area contributed by atoms with Gasteiger partial charge in [-0.25, -0.2) is 4.98 Å². The third-order valence-electron chi connectivity index (χ3n) is 3.40. The summed E-state index contributed by atoms with van der Waals surface area (Å²) in [4.78, 5) is 8.71. The van der Waals surface area contributed by atoms with Crippen LogP contribution in [0.25, 0.3) is 0 Å². The number of hydrogen-bond donors (Lipinski definition) is 2. The van der Waals surface area contributed by atoms with Crippen LogP contribution < -0.4 is 10.6 Å². The fourth-order valence-electron chi connectivity index (χ4n) is 2.57. The Labute approximate surface area is 113 Å². The second-order valence-corrected chi connectivity index (χ2v) is 4.84. The summed E-state index contributed by atoms with van der Waals surface area (Å²) in [5, 5.41) is 6.65. The van der Waals surface area contributed by atoms with Gasteiger partial charge in [-0.15, -0.1) is 0 Å². The van der Waals surface area contributed by atoms with E-state index in [0.29, 0.717) is 6.04 Å². The highest BCUT2D eigenvalue weighted by atomic mass is 15.1. The summed E-state index contributed by atoms with van der Waals surface area (Å²) in [7, 11) is 0. The van der Waals surface area contributed by atoms with Gasteiger partial charge in [0.1, 0.15) is 11.6 Å². The minimum Gasteiger partial charge on any atom is -0.369 e. The summed E-state index contributed by atoms with van der Waals surface area (Å²) in [5.41, 5.74) is 2.88. The molecule has 0 atom stereocenters. The molecule has 1 aromatic heterocycles. The van der Waals surface area contributed by atoms with Crippen LogP contribution in [0.3, 0.4) is 0 Å². The summed E-state index contributed by atoms with van der Waals surface area (Å²) >= 11 is 0. The summed E-state index contributed by atoms with van der Waals surface area (Å²) < 4.78 is 0. The van der Waals surface area contributed by atoms with E-state index in [-0.39, 0.29) is 0 Å². The van der Waals surface area contributed by atoms with Gasteiger partial charge in [0.05, 0.1) is 12.4 Å². The average Bonchev–Trinajstić information content (AvgIpc) is 2.81. The molecule has 3 rings (SSSR count). The molecule has 0 saturated carbocycles. The van der Waals surface area contributed by atoms with Crippen LogP contribution in [0.1, 0.15) is 18.1 Å². The van der Waals surface area contributed by atoms with Crippen molar-refractivity contribution in [2.75, 3.05) is 17.2 Å². The zero-order chi connectivity index (χ0) is 13.1. The summed E-state index contributed by atoms with van der Waals surface area (Å²) in [5.74, 6) is 1.67. The van der Waals surface area contributed by atoms with E-state index in [1.807, 2.05) is 0 Å². The number of aromatic nitrogens is 2. The van der Waals surface area contributed by atoms with Crippen molar-refractivity contribution >= 4 is 11.6 Å². The quantitative estimate of drug-likeness (QED) is 0.880. The fraction of sp³-hybridized carbons (Fsp3) is 0.333. The largest absolute Gasteiger partial charge is 0.369 e. The molecular weight excluding hydrogens is 236 g/mol. The van der Waals surface area contributed by atoms with E-state index in [9.17, 15) is 0 Å². The van der Waals surface area contributed by atoms with Crippen molar-refractivity contribution in [2.24, 2.45) is 0 Å². The topological polar surface area (TPSA) is 49.8 Å². The highest BCUT2D eigenvalue weighted by Crippen LogP contribution is 2.23. The molecule has 0 aliphatic heterocycles. The van der Waals surface area contributed by atoms with Crippen molar-refractivity contribution in [3.05, 3.63) is 47.8 Å². The van der Waals surface area contributed by atoms with E-state index >= 15 is 0 Å². The molecule has 1 aromatic carbocycles. The first-order valence-electron chi connectivity index (χ1n) is 6.74. The lowest BCUT2D eigenvalue weighted by Gasteiger charge is -2.13. The normalized spacial score (nSPS) is 14.2. The van der Waals surface area contributed by atoms with Crippen molar-refractivity contribution < 1.29 is 0 Å². The molecule has 0 bridgehead atoms. The maximum atomic E-state index is 4.50. The van der Waals surface area contributed by atoms with Gasteiger partial charge in [0.2, 0.25) is 0 Å². The number of fused-ring (bicyclic) bond motifs is 1. The number of hydrogen-bond acceptors (Lipinski definition) is 4. The molecule has 2 aromatic rings. The van der Waals surface area contributed by atoms with E-state index in [0.717, 1.165) is 31.0 Å². The van der Waals surface area contributed by atoms with Gasteiger partial charge in [-0.3, -0.25) is 4.98 Å². The Morgan fingerprint density at radius 1 is 1.11 bits per heavy atom. The zero-order valence-corrected chi connectivity index (χ0v) is 11.1. The number of rotatable bonds is 4. The van der Waals surface area contributed by atoms with E-state index < -0.39 is 0 Å². The van der Waals surface area contributed by atoms with Gasteiger partial charge in [-0.2, -0.15) is 0 Å². The van der Waals surface area contributed by atoms with E-state index in [4.69, 9.17) is 0 Å². The number of nitrogens with zero attached hydrogens (tertiary/aromatic N) is 2. The van der Waals surface area contributed by atoms with Gasteiger partial charge >= 0.3 is 0 Å². The van der Waals surface area contributed by atoms with Gasteiger partial charge < -0.3 is 10.6 Å². The number of anilines is 2. The Kier molecular flexibility index (Phi) is 3.31. The SMILES string of the molecule is CCNc1cncc(NC2Cc3ccccc3C2)n1. The average molecular weight is 254 g/mol. The van der Waals surface area contributed by atoms with Crippen molar-refractivity contribution in [1.82, 2.24) is 9.97 Å². The van der Waals surface area contributed by atoms with Crippen LogP contribution in [0, 0.1) is 0 Å². The lowest BCUT2D eigenvalue weighted by Crippen LogP contribution is -2.20. The minimum absolute atomic E-state index is 0.420. The van der Waals surface area contributed by atoms with Crippen LogP contribution in [0.5, 0.6) is 0 Å². The standard InChI is InChI=1S/C15H18N4/c1-2-17-14-9-16-10-15(19-14)18-13-7-11-5-3-4-6-12(11)8-13/h3-6,9-10,13H,2,7-8H2,1H3,(H2,17,18,19). The molecule has 0 radical (unpaired) electrons. The van der Waals surface area contributed by atoms with Crippen LogP contribution in [0.15, 0.2) is 36.7 Å². The first-order chi connectivity index (χ1) is 9.35. The molecule has 0 amide bonds. The molecule has 1 heterocycles. The van der Waals surface area contributed by atoms with Crippen molar-refractivity contribution in [3.8, 4) is 0 Å². The predicted molar refractivity (Wildman–Crippen MR) is 77.5 cm³/mol. The fourth-order valence-corrected chi connectivity index (χ4v) is 2.57. The van der Waals surface area contributed by atoms with Gasteiger partial charge in [0.25, 0.3) is 0 Å². The minimum atomic E-state index is 0.420. The molecule has 1 aliphatic carbocycles. The summed E-state index contributed by atoms with van der Waals surface area (Å²) in [6, 6.07) is 9.04. The van der Waals surface area contributed by atoms with Crippen LogP contribution in [0.2, 0.25) is 0 Å². The third-order valence-corrected chi connectivity index (χ3v) is 3.40. The Morgan fingerprint density at radius 3 is 2.47 bits per heavy atom. The lowest BCUT2D eigenvalue weighted by atomic mass is 10.1. The van der Waals surface area contributed by atoms with Crippen LogP contribution >= 0.6 is 0 Å². The van der Waals surface area contributed by atoms with Crippen molar-refractivity contribution in [2.45, 2.75) is 25.8 Å². The number of nitrogens with one attached hydrogen (secondary N) is 2. The van der Waals surface area contributed by atoms with Crippen LogP contribution in [-0.2, 0) is 12.8 Å². The second kappa shape index (κ2) is 5.26. The maximum absolute atomic E-state index is 4.50. The Balaban J connectivity index is 1.69. The van der Waals surface area contributed by atoms with Gasteiger partial charge in [0, 0.05) is 12.6 Å². The van der Waals surface area contributed by atoms with Gasteiger partial charge in [-0.05, 0) is 30.9 Å². The van der Waals surface area contributed by atoms with E-state index in [2.05, 4.69) is 51.8 Å². The molecular formula is C15H18N4. The molecule has 2 N–H and O–H groups in total. The predicted octanol–water partition coefficient (Wildman–Crippen LogP) is 2.49. The smallest absolute Gasteiger partial charge is 0.147 e. The molecule has 4 nitrogen and oxygen atoms in total. The third kappa shape index (κ3) is 2.67. The first-order valence-corrected chi connectivity index (χ1v) is 6.74. The second-order valence-electron chi connectivity index (χ2n) is 4.84. The molecule has 0 saturated heterocycles. The Morgan fingerprint density at radius 2 is 1.79 bits per heavy atom. The monoisotopic (exact) mass is 254 g/mol. The molecule has 98 valence electrons. The van der Waals surface area contributed by atoms with Gasteiger partial charge in [0.15, 0.2) is 0 Å². The maximum Gasteiger partial charge on any atom is 0.147 e. The first kappa shape index (κ1) is 12.0.